The zero-order valence-corrected chi connectivity index (χ0v) is 26.2. The highest BCUT2D eigenvalue weighted by atomic mass is 32.2. The first kappa shape index (κ1) is 30.2. The van der Waals surface area contributed by atoms with Gasteiger partial charge in [0.2, 0.25) is 5.91 Å². The molecule has 0 unspecified atom stereocenters. The normalized spacial score (nSPS) is 10.9. The van der Waals surface area contributed by atoms with E-state index in [1.165, 1.54) is 34.2 Å². The summed E-state index contributed by atoms with van der Waals surface area (Å²) in [6.45, 7) is 10.2. The zero-order chi connectivity index (χ0) is 29.8. The molecular formula is C29H31N5O4S3. The van der Waals surface area contributed by atoms with Crippen molar-refractivity contribution in [3.8, 4) is 22.5 Å². The highest BCUT2D eigenvalue weighted by Crippen LogP contribution is 2.39. The molecule has 0 saturated heterocycles. The summed E-state index contributed by atoms with van der Waals surface area (Å²) in [5.74, 6) is -0.526. The van der Waals surface area contributed by atoms with Gasteiger partial charge in [-0.25, -0.2) is 4.79 Å². The summed E-state index contributed by atoms with van der Waals surface area (Å²) in [7, 11) is 4.52. The van der Waals surface area contributed by atoms with E-state index in [0.29, 0.717) is 28.0 Å². The van der Waals surface area contributed by atoms with Crippen molar-refractivity contribution in [1.29, 1.82) is 0 Å². The molecule has 4 aromatic rings. The lowest BCUT2D eigenvalue weighted by Crippen LogP contribution is -2.21. The number of thiophene rings is 2. The summed E-state index contributed by atoms with van der Waals surface area (Å²) < 4.78 is 6.85. The predicted octanol–water partition coefficient (Wildman–Crippen LogP) is 6.07. The molecule has 3 aromatic heterocycles. The Bertz CT molecular complexity index is 1620. The van der Waals surface area contributed by atoms with Gasteiger partial charge in [-0.15, -0.1) is 39.4 Å². The van der Waals surface area contributed by atoms with Gasteiger partial charge in [-0.05, 0) is 31.9 Å². The minimum atomic E-state index is -0.620. The van der Waals surface area contributed by atoms with Crippen molar-refractivity contribution in [3.05, 3.63) is 68.7 Å². The van der Waals surface area contributed by atoms with Gasteiger partial charge in [-0.2, -0.15) is 0 Å². The number of amides is 2. The highest BCUT2D eigenvalue weighted by molar-refractivity contribution is 7.99. The highest BCUT2D eigenvalue weighted by Gasteiger charge is 2.27. The first-order chi connectivity index (χ1) is 19.6. The smallest absolute Gasteiger partial charge is 0.341 e. The maximum atomic E-state index is 13.0. The average molecular weight is 610 g/mol. The molecule has 214 valence electrons. The van der Waals surface area contributed by atoms with Crippen LogP contribution in [0.25, 0.3) is 22.5 Å². The second-order valence-electron chi connectivity index (χ2n) is 9.44. The summed E-state index contributed by atoms with van der Waals surface area (Å²) in [4.78, 5) is 41.1. The third-order valence-corrected chi connectivity index (χ3v) is 9.38. The second-order valence-corrected chi connectivity index (χ2v) is 12.5. The minimum absolute atomic E-state index is 0.0112. The second kappa shape index (κ2) is 12.8. The molecule has 4 rings (SSSR count). The Morgan fingerprint density at radius 3 is 2.49 bits per heavy atom. The number of aromatic nitrogens is 3. The third-order valence-electron chi connectivity index (χ3n) is 6.31. The first-order valence-corrected chi connectivity index (χ1v) is 15.3. The molecular weight excluding hydrogens is 579 g/mol. The molecule has 0 aliphatic heterocycles. The van der Waals surface area contributed by atoms with Gasteiger partial charge >= 0.3 is 5.97 Å². The summed E-state index contributed by atoms with van der Waals surface area (Å²) in [6, 6.07) is 8.39. The van der Waals surface area contributed by atoms with Crippen molar-refractivity contribution < 1.29 is 19.1 Å². The maximum absolute atomic E-state index is 13.0. The Morgan fingerprint density at radius 1 is 1.15 bits per heavy atom. The van der Waals surface area contributed by atoms with Gasteiger partial charge in [0.05, 0.1) is 23.3 Å². The lowest BCUT2D eigenvalue weighted by atomic mass is 10.0. The van der Waals surface area contributed by atoms with Crippen molar-refractivity contribution in [2.75, 3.05) is 32.3 Å². The van der Waals surface area contributed by atoms with Crippen LogP contribution in [0.4, 0.5) is 5.00 Å². The number of esters is 1. The number of carbonyl (C=O) groups excluding carboxylic acids is 3. The molecule has 0 atom stereocenters. The van der Waals surface area contributed by atoms with Crippen LogP contribution in [0, 0.1) is 20.8 Å². The monoisotopic (exact) mass is 609 g/mol. The number of anilines is 1. The Balaban J connectivity index is 1.59. The predicted molar refractivity (Wildman–Crippen MR) is 166 cm³/mol. The van der Waals surface area contributed by atoms with Crippen LogP contribution >= 0.6 is 34.4 Å². The topological polar surface area (TPSA) is 106 Å². The van der Waals surface area contributed by atoms with Crippen LogP contribution in [0.2, 0.25) is 0 Å². The van der Waals surface area contributed by atoms with Crippen LogP contribution < -0.4 is 5.32 Å². The van der Waals surface area contributed by atoms with Gasteiger partial charge in [-0.3, -0.25) is 14.2 Å². The number of methoxy groups -OCH3 is 1. The van der Waals surface area contributed by atoms with Crippen LogP contribution in [0.1, 0.15) is 36.0 Å². The van der Waals surface area contributed by atoms with E-state index in [-0.39, 0.29) is 28.1 Å². The van der Waals surface area contributed by atoms with Crippen LogP contribution in [0.3, 0.4) is 0 Å². The number of allylic oxidation sites excluding steroid dienone is 1. The molecule has 1 aromatic carbocycles. The van der Waals surface area contributed by atoms with Gasteiger partial charge < -0.3 is 15.0 Å². The lowest BCUT2D eigenvalue weighted by molar-refractivity contribution is -0.113. The van der Waals surface area contributed by atoms with Crippen LogP contribution in [-0.4, -0.2) is 64.4 Å². The molecule has 41 heavy (non-hydrogen) atoms. The number of hydrogen-bond acceptors (Lipinski definition) is 9. The molecule has 0 aliphatic rings. The largest absolute Gasteiger partial charge is 0.465 e. The van der Waals surface area contributed by atoms with Crippen molar-refractivity contribution in [1.82, 2.24) is 19.7 Å². The summed E-state index contributed by atoms with van der Waals surface area (Å²) in [5.41, 5.74) is 5.01. The van der Waals surface area contributed by atoms with Crippen LogP contribution in [0.15, 0.2) is 47.5 Å². The molecule has 0 aliphatic carbocycles. The molecule has 2 amide bonds. The third kappa shape index (κ3) is 6.29. The maximum Gasteiger partial charge on any atom is 0.341 e. The Hall–Kier alpha value is -3.74. The number of carbonyl (C=O) groups is 3. The summed E-state index contributed by atoms with van der Waals surface area (Å²) in [6.07, 6.45) is 1.77. The molecule has 1 N–H and O–H groups in total. The van der Waals surface area contributed by atoms with Crippen molar-refractivity contribution in [2.45, 2.75) is 32.5 Å². The van der Waals surface area contributed by atoms with E-state index < -0.39 is 5.97 Å². The molecule has 3 heterocycles. The van der Waals surface area contributed by atoms with Crippen molar-refractivity contribution in [3.63, 3.8) is 0 Å². The van der Waals surface area contributed by atoms with E-state index >= 15 is 0 Å². The van der Waals surface area contributed by atoms with E-state index in [1.807, 2.05) is 4.57 Å². The number of nitrogens with zero attached hydrogens (tertiary/aromatic N) is 4. The number of aryl methyl sites for hydroxylation is 2. The molecule has 12 heteroatoms. The Kier molecular flexibility index (Phi) is 9.46. The number of ether oxygens (including phenoxy) is 1. The number of benzene rings is 1. The minimum Gasteiger partial charge on any atom is -0.465 e. The molecule has 0 bridgehead atoms. The molecule has 9 nitrogen and oxygen atoms in total. The van der Waals surface area contributed by atoms with E-state index in [1.54, 1.807) is 38.4 Å². The van der Waals surface area contributed by atoms with E-state index in [0.717, 1.165) is 28.0 Å². The van der Waals surface area contributed by atoms with Gasteiger partial charge in [0.15, 0.2) is 11.0 Å². The van der Waals surface area contributed by atoms with Crippen molar-refractivity contribution in [2.24, 2.45) is 0 Å². The molecule has 0 spiro atoms. The molecule has 0 radical (unpaired) electrons. The van der Waals surface area contributed by atoms with Gasteiger partial charge in [0, 0.05) is 42.0 Å². The fourth-order valence-corrected chi connectivity index (χ4v) is 7.08. The van der Waals surface area contributed by atoms with Crippen LogP contribution in [-0.2, 0) is 16.1 Å². The standard InChI is InChI=1S/C29H31N5O4S3/c1-8-13-34-25(20-14-39-18(4)23(20)19-11-9-16(2)10-12-19)31-32-29(34)40-15-21(35)30-26-22(28(37)38-7)17(3)24(41-26)27(36)33(5)6/h8-12,14H,1,13,15H2,2-7H3,(H,30,35). The number of nitrogens with one attached hydrogen (secondary N) is 1. The first-order valence-electron chi connectivity index (χ1n) is 12.6. The van der Waals surface area contributed by atoms with E-state index in [4.69, 9.17) is 4.74 Å². The Morgan fingerprint density at radius 2 is 1.85 bits per heavy atom. The Labute approximate surface area is 251 Å². The number of rotatable bonds is 10. The SMILES string of the molecule is C=CCn1c(SCC(=O)Nc2sc(C(=O)N(C)C)c(C)c2C(=O)OC)nnc1-c1csc(C)c1-c1ccc(C)cc1. The molecule has 0 saturated carbocycles. The average Bonchev–Trinajstić information content (AvgIpc) is 3.62. The fraction of sp³-hybridized carbons (Fsp3) is 0.276. The number of hydrogen-bond donors (Lipinski definition) is 1. The van der Waals surface area contributed by atoms with Gasteiger partial charge in [-0.1, -0.05) is 47.7 Å². The van der Waals surface area contributed by atoms with E-state index in [2.05, 4.69) is 65.6 Å². The lowest BCUT2D eigenvalue weighted by Gasteiger charge is -2.10. The fourth-order valence-electron chi connectivity index (χ4n) is 4.24. The van der Waals surface area contributed by atoms with Gasteiger partial charge in [0.25, 0.3) is 5.91 Å². The van der Waals surface area contributed by atoms with E-state index in [9.17, 15) is 14.4 Å². The van der Waals surface area contributed by atoms with Crippen molar-refractivity contribution >= 4 is 57.2 Å². The van der Waals surface area contributed by atoms with Gasteiger partial charge in [0.1, 0.15) is 5.00 Å². The summed E-state index contributed by atoms with van der Waals surface area (Å²) in [5, 5.41) is 14.6. The van der Waals surface area contributed by atoms with Crippen LogP contribution in [0.5, 0.6) is 0 Å². The quantitative estimate of drug-likeness (QED) is 0.132. The molecule has 0 fully saturated rings. The zero-order valence-electron chi connectivity index (χ0n) is 23.7. The summed E-state index contributed by atoms with van der Waals surface area (Å²) >= 11 is 3.93. The number of thioether (sulfide) groups is 1.